The molecule has 1 rings (SSSR count). The van der Waals surface area contributed by atoms with Gasteiger partial charge >= 0.3 is 0 Å². The summed E-state index contributed by atoms with van der Waals surface area (Å²) in [6.45, 7) is 6.89. The molecule has 1 aromatic rings. The third kappa shape index (κ3) is 6.83. The molecular formula is C18H30. The van der Waals surface area contributed by atoms with Crippen molar-refractivity contribution in [2.75, 3.05) is 0 Å². The van der Waals surface area contributed by atoms with Crippen molar-refractivity contribution >= 4 is 0 Å². The third-order valence-electron chi connectivity index (χ3n) is 3.56. The maximum absolute atomic E-state index is 2.42. The minimum Gasteiger partial charge on any atom is -0.0654 e. The molecule has 0 atom stereocenters. The molecule has 0 aromatic heterocycles. The van der Waals surface area contributed by atoms with E-state index in [1.165, 1.54) is 62.5 Å². The smallest absolute Gasteiger partial charge is 0.0279 e. The molecule has 0 N–H and O–H groups in total. The number of hydrogen-bond acceptors (Lipinski definition) is 0. The normalized spacial score (nSPS) is 11.1. The van der Waals surface area contributed by atoms with Crippen LogP contribution in [-0.2, 0) is 12.8 Å². The summed E-state index contributed by atoms with van der Waals surface area (Å²) < 4.78 is 0. The average Bonchev–Trinajstić information content (AvgIpc) is 2.35. The van der Waals surface area contributed by atoms with E-state index in [9.17, 15) is 0 Å². The summed E-state index contributed by atoms with van der Waals surface area (Å²) in [7, 11) is 0. The molecule has 0 bridgehead atoms. The van der Waals surface area contributed by atoms with Gasteiger partial charge in [-0.1, -0.05) is 70.7 Å². The van der Waals surface area contributed by atoms with Crippen molar-refractivity contribution in [1.82, 2.24) is 0 Å². The van der Waals surface area contributed by atoms with Crippen LogP contribution in [0.1, 0.15) is 70.4 Å². The summed E-state index contributed by atoms with van der Waals surface area (Å²) in [4.78, 5) is 0. The van der Waals surface area contributed by atoms with Gasteiger partial charge in [0.05, 0.1) is 0 Å². The standard InChI is InChI=1S/C18H30/c1-4-5-6-7-11-17-13-9-14-18(15-17)12-8-10-16(2)3/h9,13-16H,4-8,10-12H2,1-3H3. The highest BCUT2D eigenvalue weighted by Gasteiger charge is 1.99. The average molecular weight is 246 g/mol. The first-order chi connectivity index (χ1) is 8.72. The van der Waals surface area contributed by atoms with E-state index in [-0.39, 0.29) is 0 Å². The fraction of sp³-hybridized carbons (Fsp3) is 0.667. The first-order valence-electron chi connectivity index (χ1n) is 7.80. The zero-order valence-corrected chi connectivity index (χ0v) is 12.5. The molecule has 0 saturated heterocycles. The summed E-state index contributed by atoms with van der Waals surface area (Å²) >= 11 is 0. The van der Waals surface area contributed by atoms with Crippen molar-refractivity contribution in [2.24, 2.45) is 5.92 Å². The molecule has 0 nitrogen and oxygen atoms in total. The third-order valence-corrected chi connectivity index (χ3v) is 3.56. The number of hydrogen-bond donors (Lipinski definition) is 0. The minimum absolute atomic E-state index is 0.835. The van der Waals surface area contributed by atoms with Gasteiger partial charge in [0, 0.05) is 0 Å². The van der Waals surface area contributed by atoms with E-state index in [4.69, 9.17) is 0 Å². The Kier molecular flexibility index (Phi) is 7.80. The molecule has 0 saturated carbocycles. The van der Waals surface area contributed by atoms with Crippen LogP contribution in [0.15, 0.2) is 24.3 Å². The predicted molar refractivity (Wildman–Crippen MR) is 82.1 cm³/mol. The Balaban J connectivity index is 2.32. The molecule has 0 radical (unpaired) electrons. The summed E-state index contributed by atoms with van der Waals surface area (Å²) in [5, 5.41) is 0. The molecule has 18 heavy (non-hydrogen) atoms. The Labute approximate surface area is 114 Å². The van der Waals surface area contributed by atoms with Crippen LogP contribution < -0.4 is 0 Å². The molecule has 0 unspecified atom stereocenters. The van der Waals surface area contributed by atoms with Crippen LogP contribution in [-0.4, -0.2) is 0 Å². The van der Waals surface area contributed by atoms with Crippen LogP contribution in [0.3, 0.4) is 0 Å². The quantitative estimate of drug-likeness (QED) is 0.484. The molecule has 0 aliphatic carbocycles. The van der Waals surface area contributed by atoms with Gasteiger partial charge in [-0.25, -0.2) is 0 Å². The highest BCUT2D eigenvalue weighted by molar-refractivity contribution is 5.23. The molecule has 1 aromatic carbocycles. The van der Waals surface area contributed by atoms with Crippen molar-refractivity contribution in [2.45, 2.75) is 72.1 Å². The maximum atomic E-state index is 2.42. The Morgan fingerprint density at radius 1 is 0.889 bits per heavy atom. The zero-order valence-electron chi connectivity index (χ0n) is 12.5. The molecule has 0 heterocycles. The van der Waals surface area contributed by atoms with Crippen molar-refractivity contribution in [3.05, 3.63) is 35.4 Å². The molecule has 0 fully saturated rings. The first-order valence-corrected chi connectivity index (χ1v) is 7.80. The van der Waals surface area contributed by atoms with Crippen LogP contribution in [0.2, 0.25) is 0 Å². The molecular weight excluding hydrogens is 216 g/mol. The fourth-order valence-corrected chi connectivity index (χ4v) is 2.41. The van der Waals surface area contributed by atoms with Gasteiger partial charge in [0.15, 0.2) is 0 Å². The topological polar surface area (TPSA) is 0 Å². The second-order valence-corrected chi connectivity index (χ2v) is 5.92. The van der Waals surface area contributed by atoms with Gasteiger partial charge in [-0.15, -0.1) is 0 Å². The zero-order chi connectivity index (χ0) is 13.2. The number of aryl methyl sites for hydroxylation is 2. The van der Waals surface area contributed by atoms with E-state index < -0.39 is 0 Å². The van der Waals surface area contributed by atoms with Crippen LogP contribution in [0.25, 0.3) is 0 Å². The number of unbranched alkanes of at least 4 members (excludes halogenated alkanes) is 3. The summed E-state index contributed by atoms with van der Waals surface area (Å²) in [5.41, 5.74) is 3.07. The lowest BCUT2D eigenvalue weighted by Gasteiger charge is -2.07. The van der Waals surface area contributed by atoms with E-state index in [2.05, 4.69) is 45.0 Å². The molecule has 0 aliphatic rings. The van der Waals surface area contributed by atoms with Crippen molar-refractivity contribution in [1.29, 1.82) is 0 Å². The second kappa shape index (κ2) is 9.19. The Bertz CT molecular complexity index is 312. The SMILES string of the molecule is CCCCCCc1cccc(CCCC(C)C)c1. The van der Waals surface area contributed by atoms with E-state index in [1.54, 1.807) is 0 Å². The molecule has 0 aliphatic heterocycles. The minimum atomic E-state index is 0.835. The highest BCUT2D eigenvalue weighted by atomic mass is 14.0. The summed E-state index contributed by atoms with van der Waals surface area (Å²) in [6.07, 6.45) is 10.6. The van der Waals surface area contributed by atoms with Gasteiger partial charge in [0.1, 0.15) is 0 Å². The predicted octanol–water partition coefficient (Wildman–Crippen LogP) is 5.79. The fourth-order valence-electron chi connectivity index (χ4n) is 2.41. The largest absolute Gasteiger partial charge is 0.0654 e. The van der Waals surface area contributed by atoms with Crippen LogP contribution in [0.5, 0.6) is 0 Å². The number of rotatable bonds is 9. The van der Waals surface area contributed by atoms with Gasteiger partial charge in [-0.3, -0.25) is 0 Å². The van der Waals surface area contributed by atoms with E-state index >= 15 is 0 Å². The van der Waals surface area contributed by atoms with Gasteiger partial charge in [-0.05, 0) is 42.7 Å². The molecule has 0 heteroatoms. The van der Waals surface area contributed by atoms with Gasteiger partial charge in [-0.2, -0.15) is 0 Å². The van der Waals surface area contributed by atoms with Gasteiger partial charge in [0.2, 0.25) is 0 Å². The molecule has 0 spiro atoms. The van der Waals surface area contributed by atoms with E-state index in [1.807, 2.05) is 0 Å². The molecule has 0 amide bonds. The van der Waals surface area contributed by atoms with E-state index in [0.29, 0.717) is 0 Å². The monoisotopic (exact) mass is 246 g/mol. The summed E-state index contributed by atoms with van der Waals surface area (Å²) in [6, 6.07) is 9.24. The van der Waals surface area contributed by atoms with Crippen LogP contribution in [0, 0.1) is 5.92 Å². The Hall–Kier alpha value is -0.780. The Morgan fingerprint density at radius 3 is 2.17 bits per heavy atom. The van der Waals surface area contributed by atoms with Crippen LogP contribution in [0.4, 0.5) is 0 Å². The van der Waals surface area contributed by atoms with Crippen molar-refractivity contribution in [3.63, 3.8) is 0 Å². The maximum Gasteiger partial charge on any atom is -0.0279 e. The van der Waals surface area contributed by atoms with Crippen molar-refractivity contribution in [3.8, 4) is 0 Å². The molecule has 102 valence electrons. The number of benzene rings is 1. The lowest BCUT2D eigenvalue weighted by atomic mass is 9.99. The highest BCUT2D eigenvalue weighted by Crippen LogP contribution is 2.14. The summed E-state index contributed by atoms with van der Waals surface area (Å²) in [5.74, 6) is 0.835. The van der Waals surface area contributed by atoms with Crippen molar-refractivity contribution < 1.29 is 0 Å². The van der Waals surface area contributed by atoms with Gasteiger partial charge in [0.25, 0.3) is 0 Å². The lowest BCUT2D eigenvalue weighted by molar-refractivity contribution is 0.555. The van der Waals surface area contributed by atoms with E-state index in [0.717, 1.165) is 5.92 Å². The second-order valence-electron chi connectivity index (χ2n) is 5.92. The Morgan fingerprint density at radius 2 is 1.56 bits per heavy atom. The van der Waals surface area contributed by atoms with Crippen LogP contribution >= 0.6 is 0 Å². The van der Waals surface area contributed by atoms with Gasteiger partial charge < -0.3 is 0 Å². The first kappa shape index (κ1) is 15.3. The lowest BCUT2D eigenvalue weighted by Crippen LogP contribution is -1.93.